The average Bonchev–Trinajstić information content (AvgIpc) is 3.12. The number of thioether (sulfide) groups is 1. The molecule has 28 heavy (non-hydrogen) atoms. The third kappa shape index (κ3) is 3.75. The van der Waals surface area contributed by atoms with Crippen LogP contribution in [-0.4, -0.2) is 45.9 Å². The summed E-state index contributed by atoms with van der Waals surface area (Å²) >= 11 is 1.38. The van der Waals surface area contributed by atoms with E-state index in [1.165, 1.54) is 16.7 Å². The Kier molecular flexibility index (Phi) is 5.34. The molecule has 4 rings (SSSR count). The summed E-state index contributed by atoms with van der Waals surface area (Å²) in [6, 6.07) is 18.1. The van der Waals surface area contributed by atoms with Gasteiger partial charge in [-0.1, -0.05) is 60.7 Å². The largest absolute Gasteiger partial charge is 0.459 e. The van der Waals surface area contributed by atoms with Crippen molar-refractivity contribution in [3.8, 4) is 0 Å². The summed E-state index contributed by atoms with van der Waals surface area (Å²) in [7, 11) is 0. The molecule has 2 aliphatic heterocycles. The van der Waals surface area contributed by atoms with E-state index in [4.69, 9.17) is 4.74 Å². The Labute approximate surface area is 167 Å². The van der Waals surface area contributed by atoms with Crippen molar-refractivity contribution in [1.29, 1.82) is 0 Å². The topological polar surface area (TPSA) is 75.7 Å². The first-order valence-electron chi connectivity index (χ1n) is 9.11. The first-order valence-corrected chi connectivity index (χ1v) is 10.2. The van der Waals surface area contributed by atoms with Gasteiger partial charge in [0.1, 0.15) is 12.6 Å². The fourth-order valence-electron chi connectivity index (χ4n) is 3.45. The second kappa shape index (κ2) is 8.06. The molecule has 0 bridgehead atoms. The van der Waals surface area contributed by atoms with Crippen LogP contribution >= 0.6 is 11.8 Å². The van der Waals surface area contributed by atoms with Crippen LogP contribution in [0.2, 0.25) is 0 Å². The van der Waals surface area contributed by atoms with Gasteiger partial charge in [-0.2, -0.15) is 0 Å². The normalized spacial score (nSPS) is 22.9. The Morgan fingerprint density at radius 2 is 1.68 bits per heavy atom. The van der Waals surface area contributed by atoms with Gasteiger partial charge in [0, 0.05) is 5.75 Å². The predicted molar refractivity (Wildman–Crippen MR) is 105 cm³/mol. The third-order valence-electron chi connectivity index (χ3n) is 4.89. The van der Waals surface area contributed by atoms with Crippen molar-refractivity contribution in [3.05, 3.63) is 71.8 Å². The molecule has 2 amide bonds. The Hall–Kier alpha value is -2.80. The lowest BCUT2D eigenvalue weighted by Gasteiger charge is -2.43. The molecule has 7 heteroatoms. The highest BCUT2D eigenvalue weighted by Gasteiger charge is 2.57. The van der Waals surface area contributed by atoms with E-state index >= 15 is 0 Å². The molecule has 6 nitrogen and oxygen atoms in total. The van der Waals surface area contributed by atoms with Crippen molar-refractivity contribution < 1.29 is 19.1 Å². The van der Waals surface area contributed by atoms with Crippen LogP contribution in [0.3, 0.4) is 0 Å². The molecule has 2 aromatic carbocycles. The predicted octanol–water partition coefficient (Wildman–Crippen LogP) is 1.74. The lowest BCUT2D eigenvalue weighted by molar-refractivity contribution is -0.162. The number of β-lactam (4-membered cyclic amide) rings is 1. The minimum Gasteiger partial charge on any atom is -0.459 e. The number of rotatable bonds is 6. The van der Waals surface area contributed by atoms with E-state index in [-0.39, 0.29) is 30.9 Å². The van der Waals surface area contributed by atoms with Gasteiger partial charge in [0.25, 0.3) is 0 Å². The molecule has 0 spiro atoms. The Morgan fingerprint density at radius 3 is 2.36 bits per heavy atom. The average molecular weight is 396 g/mol. The summed E-state index contributed by atoms with van der Waals surface area (Å²) in [5.41, 5.74) is 1.79. The molecular formula is C21H20N2O4S. The maximum Gasteiger partial charge on any atom is 0.339 e. The molecule has 2 aliphatic rings. The number of benzene rings is 2. The van der Waals surface area contributed by atoms with Crippen LogP contribution in [0.5, 0.6) is 0 Å². The highest BCUT2D eigenvalue weighted by atomic mass is 32.2. The van der Waals surface area contributed by atoms with Crippen LogP contribution in [0, 0.1) is 0 Å². The zero-order valence-electron chi connectivity index (χ0n) is 15.1. The number of nitrogens with zero attached hydrogens (tertiary/aromatic N) is 1. The van der Waals surface area contributed by atoms with Crippen LogP contribution in [0.25, 0.3) is 0 Å². The Balaban J connectivity index is 1.30. The summed E-state index contributed by atoms with van der Waals surface area (Å²) in [5.74, 6) is -0.228. The monoisotopic (exact) mass is 396 g/mol. The Bertz CT molecular complexity index is 874. The van der Waals surface area contributed by atoms with Crippen molar-refractivity contribution in [2.45, 2.75) is 30.5 Å². The zero-order valence-corrected chi connectivity index (χ0v) is 15.9. The SMILES string of the molecule is O=C(Cc1ccccc1)N[C@H]1C(=O)N2C(C(=O)OCc3ccccc3)SCC12. The first kappa shape index (κ1) is 18.6. The van der Waals surface area contributed by atoms with Gasteiger partial charge >= 0.3 is 5.97 Å². The molecule has 0 aromatic heterocycles. The van der Waals surface area contributed by atoms with E-state index < -0.39 is 17.4 Å². The molecule has 2 unspecified atom stereocenters. The third-order valence-corrected chi connectivity index (χ3v) is 6.16. The van der Waals surface area contributed by atoms with Gasteiger partial charge < -0.3 is 15.0 Å². The highest BCUT2D eigenvalue weighted by molar-refractivity contribution is 8.00. The fourth-order valence-corrected chi connectivity index (χ4v) is 4.81. The molecule has 2 fully saturated rings. The lowest BCUT2D eigenvalue weighted by Crippen LogP contribution is -2.71. The first-order chi connectivity index (χ1) is 13.6. The van der Waals surface area contributed by atoms with Crippen molar-refractivity contribution in [3.63, 3.8) is 0 Å². The zero-order chi connectivity index (χ0) is 19.5. The number of amides is 2. The molecule has 2 aromatic rings. The van der Waals surface area contributed by atoms with Gasteiger partial charge in [0.05, 0.1) is 12.5 Å². The smallest absolute Gasteiger partial charge is 0.339 e. The molecule has 0 radical (unpaired) electrons. The number of carbonyl (C=O) groups is 3. The van der Waals surface area contributed by atoms with Gasteiger partial charge in [0.2, 0.25) is 11.8 Å². The number of hydrogen-bond donors (Lipinski definition) is 1. The van der Waals surface area contributed by atoms with Gasteiger partial charge in [-0.25, -0.2) is 4.79 Å². The maximum absolute atomic E-state index is 12.5. The highest BCUT2D eigenvalue weighted by Crippen LogP contribution is 2.39. The van der Waals surface area contributed by atoms with Gasteiger partial charge in [0.15, 0.2) is 5.37 Å². The van der Waals surface area contributed by atoms with Gasteiger partial charge in [-0.05, 0) is 11.1 Å². The van der Waals surface area contributed by atoms with Crippen LogP contribution in [0.1, 0.15) is 11.1 Å². The van der Waals surface area contributed by atoms with Crippen molar-refractivity contribution in [2.24, 2.45) is 0 Å². The van der Waals surface area contributed by atoms with E-state index in [0.29, 0.717) is 5.75 Å². The molecule has 1 N–H and O–H groups in total. The number of fused-ring (bicyclic) bond motifs is 1. The number of carbonyl (C=O) groups excluding carboxylic acids is 3. The molecule has 2 heterocycles. The van der Waals surface area contributed by atoms with Gasteiger partial charge in [-0.15, -0.1) is 11.8 Å². The van der Waals surface area contributed by atoms with Crippen LogP contribution < -0.4 is 5.32 Å². The van der Waals surface area contributed by atoms with E-state index in [1.807, 2.05) is 60.7 Å². The van der Waals surface area contributed by atoms with E-state index in [0.717, 1.165) is 11.1 Å². The summed E-state index contributed by atoms with van der Waals surface area (Å²) in [4.78, 5) is 38.7. The number of ether oxygens (including phenoxy) is 1. The van der Waals surface area contributed by atoms with Crippen LogP contribution in [0.4, 0.5) is 0 Å². The van der Waals surface area contributed by atoms with Crippen molar-refractivity contribution in [2.75, 3.05) is 5.75 Å². The molecule has 2 saturated heterocycles. The van der Waals surface area contributed by atoms with Crippen molar-refractivity contribution in [1.82, 2.24) is 10.2 Å². The van der Waals surface area contributed by atoms with E-state index in [9.17, 15) is 14.4 Å². The molecule has 0 saturated carbocycles. The molecular weight excluding hydrogens is 376 g/mol. The van der Waals surface area contributed by atoms with Crippen LogP contribution in [-0.2, 0) is 32.1 Å². The summed E-state index contributed by atoms with van der Waals surface area (Å²) in [6.07, 6.45) is 0.229. The Morgan fingerprint density at radius 1 is 1.04 bits per heavy atom. The minimum absolute atomic E-state index is 0.161. The number of esters is 1. The second-order valence-corrected chi connectivity index (χ2v) is 7.91. The quantitative estimate of drug-likeness (QED) is 0.595. The van der Waals surface area contributed by atoms with Crippen molar-refractivity contribution >= 4 is 29.5 Å². The summed E-state index contributed by atoms with van der Waals surface area (Å²) in [6.45, 7) is 0.181. The molecule has 144 valence electrons. The molecule has 3 atom stereocenters. The number of nitrogens with one attached hydrogen (secondary N) is 1. The van der Waals surface area contributed by atoms with E-state index in [2.05, 4.69) is 5.32 Å². The summed E-state index contributed by atoms with van der Waals surface area (Å²) in [5, 5.41) is 2.17. The number of hydrogen-bond acceptors (Lipinski definition) is 5. The standard InChI is InChI=1S/C21H20N2O4S/c24-17(11-14-7-3-1-4-8-14)22-18-16-13-28-20(23(16)19(18)25)21(26)27-12-15-9-5-2-6-10-15/h1-10,16,18,20H,11-13H2,(H,22,24)/t16?,18-,20?/m1/s1. The minimum atomic E-state index is -0.636. The second-order valence-electron chi connectivity index (χ2n) is 6.80. The van der Waals surface area contributed by atoms with E-state index in [1.54, 1.807) is 0 Å². The fraction of sp³-hybridized carbons (Fsp3) is 0.286. The maximum atomic E-state index is 12.5. The van der Waals surface area contributed by atoms with Gasteiger partial charge in [-0.3, -0.25) is 9.59 Å². The lowest BCUT2D eigenvalue weighted by atomic mass is 9.96. The summed E-state index contributed by atoms with van der Waals surface area (Å²) < 4.78 is 5.37. The molecule has 0 aliphatic carbocycles. The van der Waals surface area contributed by atoms with Crippen LogP contribution in [0.15, 0.2) is 60.7 Å².